The van der Waals surface area contributed by atoms with Crippen LogP contribution in [0.2, 0.25) is 0 Å². The van der Waals surface area contributed by atoms with E-state index in [1.165, 1.54) is 5.56 Å². The van der Waals surface area contributed by atoms with Gasteiger partial charge in [0.05, 0.1) is 5.75 Å². The highest BCUT2D eigenvalue weighted by Gasteiger charge is 2.33. The Kier molecular flexibility index (Phi) is 4.65. The van der Waals surface area contributed by atoms with E-state index < -0.39 is 10.0 Å². The van der Waals surface area contributed by atoms with E-state index in [0.29, 0.717) is 6.54 Å². The Bertz CT molecular complexity index is 475. The van der Waals surface area contributed by atoms with Crippen molar-refractivity contribution >= 4 is 21.6 Å². The summed E-state index contributed by atoms with van der Waals surface area (Å²) in [5.74, 6) is 0.205. The van der Waals surface area contributed by atoms with Gasteiger partial charge in [-0.2, -0.15) is 4.31 Å². The van der Waals surface area contributed by atoms with E-state index in [1.807, 2.05) is 30.3 Å². The summed E-state index contributed by atoms with van der Waals surface area (Å²) in [5, 5.41) is 0. The summed E-state index contributed by atoms with van der Waals surface area (Å²) in [7, 11) is -3.18. The lowest BCUT2D eigenvalue weighted by Crippen LogP contribution is -2.38. The minimum Gasteiger partial charge on any atom is -0.212 e. The van der Waals surface area contributed by atoms with Crippen molar-refractivity contribution in [3.63, 3.8) is 0 Å². The van der Waals surface area contributed by atoms with Gasteiger partial charge in [0.15, 0.2) is 0 Å². The van der Waals surface area contributed by atoms with Crippen LogP contribution in [0.25, 0.3) is 0 Å². The maximum Gasteiger partial charge on any atom is 0.215 e. The first-order chi connectivity index (χ1) is 8.63. The molecule has 0 spiro atoms. The van der Waals surface area contributed by atoms with Gasteiger partial charge in [-0.05, 0) is 24.8 Å². The number of nitrogens with zero attached hydrogens (tertiary/aromatic N) is 1. The Hall–Kier alpha value is -0.580. The van der Waals surface area contributed by atoms with Crippen molar-refractivity contribution in [3.05, 3.63) is 35.9 Å². The van der Waals surface area contributed by atoms with Crippen LogP contribution >= 0.6 is 11.6 Å². The Morgan fingerprint density at radius 2 is 2.00 bits per heavy atom. The summed E-state index contributed by atoms with van der Waals surface area (Å²) in [5.41, 5.74) is 1.19. The molecule has 100 valence electrons. The first kappa shape index (κ1) is 13.8. The average Bonchev–Trinajstić information content (AvgIpc) is 2.79. The zero-order valence-corrected chi connectivity index (χ0v) is 11.8. The van der Waals surface area contributed by atoms with Crippen molar-refractivity contribution in [2.75, 3.05) is 18.2 Å². The van der Waals surface area contributed by atoms with Gasteiger partial charge < -0.3 is 0 Å². The van der Waals surface area contributed by atoms with Crippen LogP contribution in [0, 0.1) is 0 Å². The molecular formula is C13H18ClNO2S. The third-order valence-electron chi connectivity index (χ3n) is 3.33. The average molecular weight is 288 g/mol. The van der Waals surface area contributed by atoms with E-state index in [9.17, 15) is 8.42 Å². The van der Waals surface area contributed by atoms with Gasteiger partial charge in [0.25, 0.3) is 0 Å². The smallest absolute Gasteiger partial charge is 0.212 e. The van der Waals surface area contributed by atoms with Gasteiger partial charge in [0.1, 0.15) is 0 Å². The topological polar surface area (TPSA) is 37.4 Å². The van der Waals surface area contributed by atoms with Crippen LogP contribution in [0.1, 0.15) is 18.4 Å². The number of alkyl halides is 1. The molecule has 1 fully saturated rings. The number of rotatable bonds is 5. The van der Waals surface area contributed by atoms with Crippen molar-refractivity contribution in [1.29, 1.82) is 0 Å². The predicted molar refractivity (Wildman–Crippen MR) is 74.4 cm³/mol. The zero-order valence-electron chi connectivity index (χ0n) is 10.3. The maximum atomic E-state index is 12.1. The van der Waals surface area contributed by atoms with Gasteiger partial charge in [-0.3, -0.25) is 0 Å². The number of hydrogen-bond donors (Lipinski definition) is 0. The van der Waals surface area contributed by atoms with E-state index in [0.717, 1.165) is 19.3 Å². The van der Waals surface area contributed by atoms with Gasteiger partial charge in [-0.15, -0.1) is 11.6 Å². The molecule has 3 nitrogen and oxygen atoms in total. The Morgan fingerprint density at radius 3 is 2.67 bits per heavy atom. The molecule has 0 N–H and O–H groups in total. The Morgan fingerprint density at radius 1 is 1.28 bits per heavy atom. The van der Waals surface area contributed by atoms with Crippen molar-refractivity contribution in [3.8, 4) is 0 Å². The fourth-order valence-electron chi connectivity index (χ4n) is 2.48. The third-order valence-corrected chi connectivity index (χ3v) is 5.66. The molecule has 2 rings (SSSR count). The molecule has 0 aromatic heterocycles. The van der Waals surface area contributed by atoms with Crippen LogP contribution in [0.15, 0.2) is 30.3 Å². The maximum absolute atomic E-state index is 12.1. The van der Waals surface area contributed by atoms with E-state index in [2.05, 4.69) is 0 Å². The van der Waals surface area contributed by atoms with Gasteiger partial charge in [-0.1, -0.05) is 30.3 Å². The van der Waals surface area contributed by atoms with E-state index >= 15 is 0 Å². The zero-order chi connectivity index (χ0) is 13.0. The minimum atomic E-state index is -3.18. The molecule has 1 heterocycles. The third kappa shape index (κ3) is 3.25. The molecular weight excluding hydrogens is 270 g/mol. The van der Waals surface area contributed by atoms with Crippen LogP contribution < -0.4 is 0 Å². The normalized spacial score (nSPS) is 21.3. The molecule has 18 heavy (non-hydrogen) atoms. The fraction of sp³-hybridized carbons (Fsp3) is 0.538. The first-order valence-corrected chi connectivity index (χ1v) is 8.37. The summed E-state index contributed by atoms with van der Waals surface area (Å²) < 4.78 is 25.8. The molecule has 0 radical (unpaired) electrons. The van der Waals surface area contributed by atoms with Gasteiger partial charge >= 0.3 is 0 Å². The molecule has 0 aliphatic carbocycles. The van der Waals surface area contributed by atoms with Crippen LogP contribution in [0.4, 0.5) is 0 Å². The van der Waals surface area contributed by atoms with Gasteiger partial charge in [-0.25, -0.2) is 8.42 Å². The van der Waals surface area contributed by atoms with Crippen molar-refractivity contribution in [2.24, 2.45) is 0 Å². The van der Waals surface area contributed by atoms with Crippen LogP contribution in [0.5, 0.6) is 0 Å². The van der Waals surface area contributed by atoms with Crippen LogP contribution in [-0.2, 0) is 16.4 Å². The first-order valence-electron chi connectivity index (χ1n) is 6.23. The van der Waals surface area contributed by atoms with Crippen LogP contribution in [-0.4, -0.2) is 36.9 Å². The van der Waals surface area contributed by atoms with Crippen molar-refractivity contribution in [1.82, 2.24) is 4.31 Å². The Balaban J connectivity index is 2.09. The number of halogens is 1. The summed E-state index contributed by atoms with van der Waals surface area (Å²) >= 11 is 5.57. The largest absolute Gasteiger partial charge is 0.215 e. The molecule has 1 unspecified atom stereocenters. The predicted octanol–water partition coefficient (Wildman–Crippen LogP) is 2.26. The molecule has 1 aliphatic rings. The molecule has 5 heteroatoms. The molecule has 1 saturated heterocycles. The second-order valence-corrected chi connectivity index (χ2v) is 7.02. The summed E-state index contributed by atoms with van der Waals surface area (Å²) in [6.07, 6.45) is 2.68. The van der Waals surface area contributed by atoms with E-state index in [4.69, 9.17) is 11.6 Å². The highest BCUT2D eigenvalue weighted by atomic mass is 35.5. The molecule has 1 aliphatic heterocycles. The number of hydrogen-bond acceptors (Lipinski definition) is 2. The molecule has 1 aromatic carbocycles. The highest BCUT2D eigenvalue weighted by molar-refractivity contribution is 7.89. The van der Waals surface area contributed by atoms with Crippen molar-refractivity contribution in [2.45, 2.75) is 25.3 Å². The second-order valence-electron chi connectivity index (χ2n) is 4.60. The van der Waals surface area contributed by atoms with E-state index in [-0.39, 0.29) is 17.7 Å². The lowest BCUT2D eigenvalue weighted by molar-refractivity contribution is 0.386. The van der Waals surface area contributed by atoms with Gasteiger partial charge in [0.2, 0.25) is 10.0 Å². The SMILES string of the molecule is O=S(=O)(CCCl)N1CCCC1Cc1ccccc1. The van der Waals surface area contributed by atoms with Gasteiger partial charge in [0, 0.05) is 18.5 Å². The summed E-state index contributed by atoms with van der Waals surface area (Å²) in [6.45, 7) is 0.636. The molecule has 0 amide bonds. The van der Waals surface area contributed by atoms with Crippen LogP contribution in [0.3, 0.4) is 0 Å². The minimum absolute atomic E-state index is 0.0415. The van der Waals surface area contributed by atoms with E-state index in [1.54, 1.807) is 4.31 Å². The quantitative estimate of drug-likeness (QED) is 0.779. The molecule has 1 aromatic rings. The molecule has 0 bridgehead atoms. The lowest BCUT2D eigenvalue weighted by Gasteiger charge is -2.23. The number of benzene rings is 1. The monoisotopic (exact) mass is 287 g/mol. The Labute approximate surface area is 114 Å². The fourth-order valence-corrected chi connectivity index (χ4v) is 4.54. The standard InChI is InChI=1S/C13H18ClNO2S/c14-8-10-18(16,17)15-9-4-7-13(15)11-12-5-2-1-3-6-12/h1-3,5-6,13H,4,7-11H2. The molecule has 0 saturated carbocycles. The summed E-state index contributed by atoms with van der Waals surface area (Å²) in [6, 6.07) is 10.1. The van der Waals surface area contributed by atoms with Crippen molar-refractivity contribution < 1.29 is 8.42 Å². The summed E-state index contributed by atoms with van der Waals surface area (Å²) in [4.78, 5) is 0. The molecule has 1 atom stereocenters. The number of sulfonamides is 1. The highest BCUT2D eigenvalue weighted by Crippen LogP contribution is 2.24. The second kappa shape index (κ2) is 6.04. The lowest BCUT2D eigenvalue weighted by atomic mass is 10.1.